The summed E-state index contributed by atoms with van der Waals surface area (Å²) in [5.41, 5.74) is 1.63. The Morgan fingerprint density at radius 1 is 1.15 bits per heavy atom. The molecule has 0 bridgehead atoms. The van der Waals surface area contributed by atoms with Gasteiger partial charge in [-0.15, -0.1) is 0 Å². The molecule has 144 valence electrons. The van der Waals surface area contributed by atoms with Gasteiger partial charge in [0.25, 0.3) is 0 Å². The number of carboxylic acids is 1. The average molecular weight is 374 g/mol. The second kappa shape index (κ2) is 8.52. The van der Waals surface area contributed by atoms with Crippen molar-refractivity contribution in [1.82, 2.24) is 5.43 Å². The Hall–Kier alpha value is -3.10. The van der Waals surface area contributed by atoms with Crippen molar-refractivity contribution >= 4 is 11.9 Å². The summed E-state index contributed by atoms with van der Waals surface area (Å²) in [7, 11) is 0. The quantitative estimate of drug-likeness (QED) is 0.203. The molecule has 8 heteroatoms. The molecule has 0 aromatic heterocycles. The number of carboxylic acid groups (broad SMARTS) is 1. The minimum Gasteiger partial charge on any atom is -0.504 e. The maximum Gasteiger partial charge on any atom is 0.325 e. The van der Waals surface area contributed by atoms with Crippen LogP contribution in [0.2, 0.25) is 0 Å². The highest BCUT2D eigenvalue weighted by Crippen LogP contribution is 2.36. The summed E-state index contributed by atoms with van der Waals surface area (Å²) in [5.74, 6) is 1.80. The van der Waals surface area contributed by atoms with E-state index in [0.717, 1.165) is 5.56 Å². The number of hydrazine groups is 1. The van der Waals surface area contributed by atoms with E-state index >= 15 is 0 Å². The zero-order valence-corrected chi connectivity index (χ0v) is 14.8. The van der Waals surface area contributed by atoms with Gasteiger partial charge in [0.2, 0.25) is 0 Å². The lowest BCUT2D eigenvalue weighted by Gasteiger charge is -2.33. The fourth-order valence-electron chi connectivity index (χ4n) is 2.69. The topological polar surface area (TPSA) is 142 Å². The molecule has 2 aromatic carbocycles. The molecule has 0 saturated carbocycles. The normalized spacial score (nSPS) is 14.1. The first-order valence-electron chi connectivity index (χ1n) is 8.20. The van der Waals surface area contributed by atoms with Gasteiger partial charge < -0.3 is 20.1 Å². The van der Waals surface area contributed by atoms with Gasteiger partial charge in [-0.2, -0.15) is 0 Å². The Morgan fingerprint density at radius 3 is 2.37 bits per heavy atom. The molecule has 0 spiro atoms. The highest BCUT2D eigenvalue weighted by molar-refractivity contribution is 5.82. The zero-order chi connectivity index (χ0) is 20.0. The van der Waals surface area contributed by atoms with E-state index in [1.807, 2.05) is 18.2 Å². The van der Waals surface area contributed by atoms with Gasteiger partial charge in [-0.3, -0.25) is 15.4 Å². The number of phenols is 2. The standard InChI is InChI=1S/C19H22N2O6/c1-19(21-20,18(25)26)14(13-7-8-15(22)16(23)9-13)10-17(24)27-11-12-5-3-2-4-6-12/h2-9,14,21-23H,10-11,20H2,1H3,(H,25,26). The van der Waals surface area contributed by atoms with Crippen LogP contribution in [0.4, 0.5) is 0 Å². The van der Waals surface area contributed by atoms with Crippen molar-refractivity contribution < 1.29 is 29.6 Å². The molecule has 0 amide bonds. The largest absolute Gasteiger partial charge is 0.504 e. The van der Waals surface area contributed by atoms with Gasteiger partial charge in [0, 0.05) is 5.92 Å². The molecule has 0 aliphatic carbocycles. The van der Waals surface area contributed by atoms with Crippen LogP contribution in [0.5, 0.6) is 11.5 Å². The summed E-state index contributed by atoms with van der Waals surface area (Å²) in [6, 6.07) is 12.9. The van der Waals surface area contributed by atoms with E-state index in [4.69, 9.17) is 10.6 Å². The van der Waals surface area contributed by atoms with Gasteiger partial charge in [-0.25, -0.2) is 5.43 Å². The van der Waals surface area contributed by atoms with Crippen LogP contribution in [0.1, 0.15) is 30.4 Å². The first kappa shape index (κ1) is 20.2. The second-order valence-corrected chi connectivity index (χ2v) is 6.30. The van der Waals surface area contributed by atoms with Gasteiger partial charge in [0.05, 0.1) is 6.42 Å². The molecule has 2 atom stereocenters. The molecule has 2 aromatic rings. The molecule has 27 heavy (non-hydrogen) atoms. The Bertz CT molecular complexity index is 811. The van der Waals surface area contributed by atoms with E-state index in [0.29, 0.717) is 5.56 Å². The first-order chi connectivity index (χ1) is 12.8. The third-order valence-electron chi connectivity index (χ3n) is 4.46. The third kappa shape index (κ3) is 4.75. The van der Waals surface area contributed by atoms with Crippen LogP contribution in [-0.2, 0) is 20.9 Å². The fourth-order valence-corrected chi connectivity index (χ4v) is 2.69. The molecular formula is C19H22N2O6. The number of carbonyl (C=O) groups is 2. The lowest BCUT2D eigenvalue weighted by Crippen LogP contribution is -2.57. The van der Waals surface area contributed by atoms with Crippen LogP contribution in [0, 0.1) is 0 Å². The molecule has 0 saturated heterocycles. The molecule has 0 heterocycles. The molecule has 0 aliphatic rings. The van der Waals surface area contributed by atoms with Gasteiger partial charge in [-0.1, -0.05) is 36.4 Å². The van der Waals surface area contributed by atoms with Gasteiger partial charge in [0.1, 0.15) is 12.1 Å². The summed E-state index contributed by atoms with van der Waals surface area (Å²) in [6.07, 6.45) is -0.302. The van der Waals surface area contributed by atoms with Crippen LogP contribution in [0.3, 0.4) is 0 Å². The van der Waals surface area contributed by atoms with Crippen LogP contribution < -0.4 is 11.3 Å². The van der Waals surface area contributed by atoms with Crippen LogP contribution in [0.25, 0.3) is 0 Å². The van der Waals surface area contributed by atoms with Crippen LogP contribution in [0.15, 0.2) is 48.5 Å². The first-order valence-corrected chi connectivity index (χ1v) is 8.20. The number of hydrogen-bond acceptors (Lipinski definition) is 7. The molecule has 0 fully saturated rings. The molecule has 8 nitrogen and oxygen atoms in total. The third-order valence-corrected chi connectivity index (χ3v) is 4.46. The lowest BCUT2D eigenvalue weighted by atomic mass is 9.78. The summed E-state index contributed by atoms with van der Waals surface area (Å²) in [6.45, 7) is 1.38. The highest BCUT2D eigenvalue weighted by atomic mass is 16.5. The lowest BCUT2D eigenvalue weighted by molar-refractivity contribution is -0.149. The zero-order valence-electron chi connectivity index (χ0n) is 14.8. The number of benzene rings is 2. The molecular weight excluding hydrogens is 352 g/mol. The van der Waals surface area contributed by atoms with Crippen molar-refractivity contribution in [3.8, 4) is 11.5 Å². The second-order valence-electron chi connectivity index (χ2n) is 6.30. The van der Waals surface area contributed by atoms with E-state index in [9.17, 15) is 24.9 Å². The van der Waals surface area contributed by atoms with Crippen molar-refractivity contribution in [3.05, 3.63) is 59.7 Å². The number of phenolic OH excluding ortho intramolecular Hbond substituents is 2. The van der Waals surface area contributed by atoms with Crippen molar-refractivity contribution in [2.75, 3.05) is 0 Å². The van der Waals surface area contributed by atoms with Gasteiger partial charge in [0.15, 0.2) is 11.5 Å². The van der Waals surface area contributed by atoms with Crippen molar-refractivity contribution in [2.45, 2.75) is 31.4 Å². The summed E-state index contributed by atoms with van der Waals surface area (Å²) >= 11 is 0. The maximum atomic E-state index is 12.3. The number of nitrogens with two attached hydrogens (primary N) is 1. The number of nitrogens with one attached hydrogen (secondary N) is 1. The van der Waals surface area contributed by atoms with E-state index in [1.54, 1.807) is 12.1 Å². The van der Waals surface area contributed by atoms with Crippen molar-refractivity contribution in [1.29, 1.82) is 0 Å². The van der Waals surface area contributed by atoms with Gasteiger partial charge >= 0.3 is 11.9 Å². The van der Waals surface area contributed by atoms with Gasteiger partial charge in [-0.05, 0) is 30.2 Å². The van der Waals surface area contributed by atoms with Crippen LogP contribution in [-0.4, -0.2) is 32.8 Å². The summed E-state index contributed by atoms with van der Waals surface area (Å²) in [4.78, 5) is 24.1. The van der Waals surface area contributed by atoms with Crippen LogP contribution >= 0.6 is 0 Å². The molecule has 0 radical (unpaired) electrons. The number of aromatic hydroxyl groups is 2. The van der Waals surface area contributed by atoms with E-state index in [-0.39, 0.29) is 18.8 Å². The summed E-state index contributed by atoms with van der Waals surface area (Å²) in [5, 5.41) is 28.8. The Kier molecular flexibility index (Phi) is 6.38. The average Bonchev–Trinajstić information content (AvgIpc) is 2.66. The Balaban J connectivity index is 2.25. The fraction of sp³-hybridized carbons (Fsp3) is 0.263. The predicted molar refractivity (Wildman–Crippen MR) is 96.7 cm³/mol. The number of esters is 1. The van der Waals surface area contributed by atoms with E-state index in [1.165, 1.54) is 25.1 Å². The molecule has 2 unspecified atom stereocenters. The molecule has 2 rings (SSSR count). The molecule has 6 N–H and O–H groups in total. The smallest absolute Gasteiger partial charge is 0.325 e. The van der Waals surface area contributed by atoms with E-state index in [2.05, 4.69) is 5.43 Å². The maximum absolute atomic E-state index is 12.3. The molecule has 0 aliphatic heterocycles. The minimum atomic E-state index is -1.71. The summed E-state index contributed by atoms with van der Waals surface area (Å²) < 4.78 is 5.24. The number of rotatable bonds is 8. The Labute approximate surface area is 156 Å². The highest BCUT2D eigenvalue weighted by Gasteiger charge is 2.43. The number of ether oxygens (including phenoxy) is 1. The van der Waals surface area contributed by atoms with E-state index < -0.39 is 29.1 Å². The number of aliphatic carboxylic acids is 1. The SMILES string of the molecule is CC(NN)(C(=O)O)C(CC(=O)OCc1ccccc1)c1ccc(O)c(O)c1. The number of carbonyl (C=O) groups excluding carboxylic acids is 1. The van der Waals surface area contributed by atoms with Crippen molar-refractivity contribution in [2.24, 2.45) is 5.84 Å². The van der Waals surface area contributed by atoms with Crippen molar-refractivity contribution in [3.63, 3.8) is 0 Å². The Morgan fingerprint density at radius 2 is 1.81 bits per heavy atom. The monoisotopic (exact) mass is 374 g/mol. The predicted octanol–water partition coefficient (Wildman–Crippen LogP) is 1.62. The minimum absolute atomic E-state index is 0.0487. The number of hydrogen-bond donors (Lipinski definition) is 5.